The first-order valence-corrected chi connectivity index (χ1v) is 23.5. The van der Waals surface area contributed by atoms with Gasteiger partial charge in [-0.05, 0) is 61.1 Å². The van der Waals surface area contributed by atoms with E-state index in [1.807, 2.05) is 132 Å². The van der Waals surface area contributed by atoms with Gasteiger partial charge in [0.25, 0.3) is 0 Å². The van der Waals surface area contributed by atoms with Crippen LogP contribution in [0.25, 0.3) is 0 Å². The molecule has 0 radical (unpaired) electrons. The smallest absolute Gasteiger partial charge is 0.0953 e. The van der Waals surface area contributed by atoms with Gasteiger partial charge >= 0.3 is 0 Å². The van der Waals surface area contributed by atoms with Gasteiger partial charge in [-0.3, -0.25) is 9.36 Å². The predicted octanol–water partition coefficient (Wildman–Crippen LogP) is 16.4. The number of benzene rings is 2. The Kier molecular flexibility index (Phi) is 37.4. The second-order valence-electron chi connectivity index (χ2n) is 15.5. The normalized spacial score (nSPS) is 9.68. The molecule has 0 saturated carbocycles. The lowest BCUT2D eigenvalue weighted by atomic mass is 10.0. The minimum atomic E-state index is 0.547. The molecule has 332 valence electrons. The molecule has 0 saturated heterocycles. The number of hydrogen-bond donors (Lipinski definition) is 0. The maximum absolute atomic E-state index is 4.33. The number of rotatable bonds is 5. The van der Waals surface area contributed by atoms with Crippen LogP contribution >= 0.6 is 22.7 Å². The molecule has 0 aliphatic heterocycles. The molecular formula is C51H86N6S2. The van der Waals surface area contributed by atoms with E-state index in [9.17, 15) is 0 Å². The lowest BCUT2D eigenvalue weighted by Gasteiger charge is -2.01. The number of nitrogens with zero attached hydrogens (tertiary/aromatic N) is 6. The predicted molar refractivity (Wildman–Crippen MR) is 267 cm³/mol. The Labute approximate surface area is 372 Å². The van der Waals surface area contributed by atoms with Crippen LogP contribution in [0.4, 0.5) is 0 Å². The van der Waals surface area contributed by atoms with Crippen molar-refractivity contribution >= 4 is 22.7 Å². The Bertz CT molecular complexity index is 1520. The SMILES string of the molecule is CC.CC.CC(C)C.CC(C)c1ccccc1.CC(C)c1ccn(C)n1.CC(C)c1ccn(C)n1.Cc1csc(C(C)C)n1.Cc1nc(C(C)C)cs1.c1ccccc1. The van der Waals surface area contributed by atoms with Gasteiger partial charge in [0, 0.05) is 48.9 Å². The first-order valence-electron chi connectivity index (χ1n) is 21.7. The Hall–Kier alpha value is -3.88. The molecule has 4 heterocycles. The molecule has 0 aliphatic carbocycles. The van der Waals surface area contributed by atoms with Crippen molar-refractivity contribution in [1.29, 1.82) is 0 Å². The van der Waals surface area contributed by atoms with Crippen molar-refractivity contribution in [2.75, 3.05) is 0 Å². The van der Waals surface area contributed by atoms with Crippen LogP contribution in [0, 0.1) is 19.8 Å². The van der Waals surface area contributed by atoms with Crippen LogP contribution < -0.4 is 0 Å². The van der Waals surface area contributed by atoms with Crippen molar-refractivity contribution in [1.82, 2.24) is 29.5 Å². The lowest BCUT2D eigenvalue weighted by molar-refractivity contribution is 0.713. The van der Waals surface area contributed by atoms with Crippen molar-refractivity contribution in [3.63, 3.8) is 0 Å². The van der Waals surface area contributed by atoms with Gasteiger partial charge in [-0.15, -0.1) is 22.7 Å². The highest BCUT2D eigenvalue weighted by atomic mass is 32.1. The number of hydrogen-bond acceptors (Lipinski definition) is 6. The zero-order chi connectivity index (χ0) is 45.9. The first kappa shape index (κ1) is 59.4. The van der Waals surface area contributed by atoms with Crippen LogP contribution in [0.2, 0.25) is 0 Å². The maximum atomic E-state index is 4.33. The van der Waals surface area contributed by atoms with Crippen LogP contribution in [0.3, 0.4) is 0 Å². The van der Waals surface area contributed by atoms with E-state index >= 15 is 0 Å². The fraction of sp³-hybridized carbons (Fsp3) is 0.529. The standard InChI is InChI=1S/C9H12.2C7H12N2.2C7H11NS.C6H6.C4H10.2C2H6/c1-8(2)9-6-4-3-5-7-9;2*1-6(2)7-4-5-9(3)8-7;1-5(2)7-4-9-6(3)8-7;1-5(2)7-8-6(3)4-9-7;1-2-4-6-5-3-1;1-4(2)3;2*1-2/h3-8H,1-2H3;2*4-6H,1-3H3;2*4-5H,1-3H3;1-6H;4H,1-3H3;2*1-2H3. The van der Waals surface area contributed by atoms with E-state index < -0.39 is 0 Å². The molecule has 0 amide bonds. The quantitative estimate of drug-likeness (QED) is 0.173. The Morgan fingerprint density at radius 2 is 0.814 bits per heavy atom. The molecule has 2 aromatic carbocycles. The Morgan fingerprint density at radius 1 is 0.441 bits per heavy atom. The average Bonchev–Trinajstić information content (AvgIpc) is 4.05. The summed E-state index contributed by atoms with van der Waals surface area (Å²) >= 11 is 3.47. The lowest BCUT2D eigenvalue weighted by Crippen LogP contribution is -1.92. The fourth-order valence-electron chi connectivity index (χ4n) is 3.99. The average molecular weight is 847 g/mol. The summed E-state index contributed by atoms with van der Waals surface area (Å²) in [6.07, 6.45) is 3.94. The molecule has 0 spiro atoms. The molecule has 0 fully saturated rings. The van der Waals surface area contributed by atoms with Crippen LogP contribution in [0.15, 0.2) is 102 Å². The molecule has 8 heteroatoms. The van der Waals surface area contributed by atoms with Crippen LogP contribution in [0.1, 0.15) is 186 Å². The summed E-state index contributed by atoms with van der Waals surface area (Å²) in [5.74, 6) is 3.75. The van der Waals surface area contributed by atoms with E-state index in [2.05, 4.69) is 145 Å². The van der Waals surface area contributed by atoms with Crippen LogP contribution in [-0.2, 0) is 14.1 Å². The van der Waals surface area contributed by atoms with E-state index in [-0.39, 0.29) is 0 Å². The van der Waals surface area contributed by atoms with Gasteiger partial charge in [0.05, 0.1) is 27.1 Å². The van der Waals surface area contributed by atoms with Crippen LogP contribution in [0.5, 0.6) is 0 Å². The Morgan fingerprint density at radius 3 is 0.983 bits per heavy atom. The molecule has 4 aromatic heterocycles. The molecule has 0 aliphatic rings. The molecule has 59 heavy (non-hydrogen) atoms. The van der Waals surface area contributed by atoms with Crippen molar-refractivity contribution in [2.24, 2.45) is 20.0 Å². The highest BCUT2D eigenvalue weighted by molar-refractivity contribution is 7.09. The van der Waals surface area contributed by atoms with Crippen LogP contribution in [-0.4, -0.2) is 29.5 Å². The van der Waals surface area contributed by atoms with Crippen molar-refractivity contribution in [3.8, 4) is 0 Å². The zero-order valence-electron chi connectivity index (χ0n) is 41.3. The molecule has 0 bridgehead atoms. The van der Waals surface area contributed by atoms with E-state index in [0.717, 1.165) is 23.0 Å². The highest BCUT2D eigenvalue weighted by Crippen LogP contribution is 2.18. The highest BCUT2D eigenvalue weighted by Gasteiger charge is 2.03. The molecule has 0 unspecified atom stereocenters. The summed E-state index contributed by atoms with van der Waals surface area (Å²) in [6, 6.07) is 26.6. The summed E-state index contributed by atoms with van der Waals surface area (Å²) in [7, 11) is 3.87. The van der Waals surface area contributed by atoms with Gasteiger partial charge in [0.1, 0.15) is 0 Å². The number of thiazole rings is 2. The second kappa shape index (κ2) is 37.1. The minimum Gasteiger partial charge on any atom is -0.276 e. The van der Waals surface area contributed by atoms with E-state index in [0.29, 0.717) is 29.6 Å². The molecule has 6 aromatic rings. The third-order valence-electron chi connectivity index (χ3n) is 7.14. The van der Waals surface area contributed by atoms with Gasteiger partial charge < -0.3 is 0 Å². The summed E-state index contributed by atoms with van der Waals surface area (Å²) in [6.45, 7) is 40.2. The van der Waals surface area contributed by atoms with E-state index in [1.165, 1.54) is 21.3 Å². The molecule has 6 nitrogen and oxygen atoms in total. The minimum absolute atomic E-state index is 0.547. The monoisotopic (exact) mass is 847 g/mol. The summed E-state index contributed by atoms with van der Waals surface area (Å²) in [5, 5.41) is 15.1. The molecule has 0 N–H and O–H groups in total. The van der Waals surface area contributed by atoms with E-state index in [4.69, 9.17) is 0 Å². The van der Waals surface area contributed by atoms with Gasteiger partial charge in [-0.1, -0.05) is 184 Å². The van der Waals surface area contributed by atoms with Crippen molar-refractivity contribution in [2.45, 2.75) is 161 Å². The summed E-state index contributed by atoms with van der Waals surface area (Å²) in [4.78, 5) is 8.66. The number of aromatic nitrogens is 6. The third kappa shape index (κ3) is 33.6. The van der Waals surface area contributed by atoms with Crippen molar-refractivity contribution < 1.29 is 0 Å². The first-order chi connectivity index (χ1) is 27.8. The fourth-order valence-corrected chi connectivity index (χ4v) is 5.57. The topological polar surface area (TPSA) is 61.4 Å². The maximum Gasteiger partial charge on any atom is 0.0953 e. The van der Waals surface area contributed by atoms with E-state index in [1.54, 1.807) is 22.7 Å². The second-order valence-corrected chi connectivity index (χ2v) is 17.5. The zero-order valence-corrected chi connectivity index (χ0v) is 42.9. The molecular weight excluding hydrogens is 761 g/mol. The molecule has 6 rings (SSSR count). The third-order valence-corrected chi connectivity index (χ3v) is 9.20. The van der Waals surface area contributed by atoms with Crippen molar-refractivity contribution in [3.05, 3.63) is 140 Å². The number of aryl methyl sites for hydroxylation is 4. The van der Waals surface area contributed by atoms with Gasteiger partial charge in [0.15, 0.2) is 0 Å². The summed E-state index contributed by atoms with van der Waals surface area (Å²) in [5.41, 5.74) is 6.11. The summed E-state index contributed by atoms with van der Waals surface area (Å²) < 4.78 is 3.66. The van der Waals surface area contributed by atoms with Gasteiger partial charge in [-0.2, -0.15) is 10.2 Å². The Balaban J connectivity index is -0.000000618. The largest absolute Gasteiger partial charge is 0.276 e. The van der Waals surface area contributed by atoms with Gasteiger partial charge in [-0.25, -0.2) is 9.97 Å². The van der Waals surface area contributed by atoms with Gasteiger partial charge in [0.2, 0.25) is 0 Å². The molecule has 0 atom stereocenters.